The predicted molar refractivity (Wildman–Crippen MR) is 48.9 cm³/mol. The van der Waals surface area contributed by atoms with E-state index in [0.717, 1.165) is 36.6 Å². The number of carbonyl (C=O) groups excluding carboxylic acids is 2. The molecular formula is C10H14O2. The highest BCUT2D eigenvalue weighted by Gasteiger charge is 1.88. The fraction of sp³-hybridized carbons (Fsp3) is 0.400. The summed E-state index contributed by atoms with van der Waals surface area (Å²) >= 11 is 0. The van der Waals surface area contributed by atoms with Crippen molar-refractivity contribution in [2.24, 2.45) is 0 Å². The Morgan fingerprint density at radius 1 is 1.25 bits per heavy atom. The molecule has 66 valence electrons. The molecule has 0 saturated heterocycles. The van der Waals surface area contributed by atoms with Crippen molar-refractivity contribution in [2.45, 2.75) is 26.7 Å². The van der Waals surface area contributed by atoms with Crippen molar-refractivity contribution < 1.29 is 9.59 Å². The smallest absolute Gasteiger partial charge is 0.145 e. The van der Waals surface area contributed by atoms with Gasteiger partial charge in [0.15, 0.2) is 0 Å². The molecule has 0 unspecified atom stereocenters. The first-order valence-electron chi connectivity index (χ1n) is 3.93. The van der Waals surface area contributed by atoms with Gasteiger partial charge >= 0.3 is 0 Å². The van der Waals surface area contributed by atoms with Gasteiger partial charge in [0.25, 0.3) is 0 Å². The summed E-state index contributed by atoms with van der Waals surface area (Å²) < 4.78 is 0. The molecule has 2 heteroatoms. The summed E-state index contributed by atoms with van der Waals surface area (Å²) in [6.07, 6.45) is 6.69. The van der Waals surface area contributed by atoms with Gasteiger partial charge in [-0.2, -0.15) is 0 Å². The van der Waals surface area contributed by atoms with Gasteiger partial charge < -0.3 is 0 Å². The van der Waals surface area contributed by atoms with Crippen LogP contribution in [0.2, 0.25) is 0 Å². The highest BCUT2D eigenvalue weighted by Crippen LogP contribution is 2.04. The van der Waals surface area contributed by atoms with Gasteiger partial charge in [-0.1, -0.05) is 11.6 Å². The van der Waals surface area contributed by atoms with E-state index in [4.69, 9.17) is 0 Å². The van der Waals surface area contributed by atoms with E-state index in [1.807, 2.05) is 13.0 Å². The molecule has 0 fully saturated rings. The summed E-state index contributed by atoms with van der Waals surface area (Å²) in [4.78, 5) is 20.2. The molecule has 0 aromatic carbocycles. The van der Waals surface area contributed by atoms with Crippen molar-refractivity contribution in [3.8, 4) is 0 Å². The lowest BCUT2D eigenvalue weighted by molar-refractivity contribution is -0.105. The van der Waals surface area contributed by atoms with Crippen LogP contribution in [0.4, 0.5) is 0 Å². The average Bonchev–Trinajstić information content (AvgIpc) is 2.04. The third kappa shape index (κ3) is 5.59. The SMILES string of the molecule is CC(C=O)=CCCC(C)=CC=O. The molecule has 0 heterocycles. The molecule has 0 saturated carbocycles. The summed E-state index contributed by atoms with van der Waals surface area (Å²) in [5.41, 5.74) is 1.79. The van der Waals surface area contributed by atoms with E-state index >= 15 is 0 Å². The van der Waals surface area contributed by atoms with Crippen LogP contribution >= 0.6 is 0 Å². The normalized spacial score (nSPS) is 12.8. The third-order valence-corrected chi connectivity index (χ3v) is 1.54. The Kier molecular flexibility index (Phi) is 5.88. The zero-order valence-corrected chi connectivity index (χ0v) is 7.54. The quantitative estimate of drug-likeness (QED) is 0.462. The summed E-state index contributed by atoms with van der Waals surface area (Å²) in [6, 6.07) is 0. The average molecular weight is 166 g/mol. The van der Waals surface area contributed by atoms with Crippen LogP contribution < -0.4 is 0 Å². The van der Waals surface area contributed by atoms with E-state index in [2.05, 4.69) is 0 Å². The Morgan fingerprint density at radius 2 is 1.92 bits per heavy atom. The molecular weight excluding hydrogens is 152 g/mol. The zero-order chi connectivity index (χ0) is 9.40. The minimum Gasteiger partial charge on any atom is -0.299 e. The molecule has 0 aliphatic heterocycles. The standard InChI is InChI=1S/C10H14O2/c1-9(6-7-11)4-3-5-10(2)8-12/h5-8H,3-4H2,1-2H3. The lowest BCUT2D eigenvalue weighted by Gasteiger charge is -1.94. The molecule has 0 rings (SSSR count). The number of rotatable bonds is 5. The largest absolute Gasteiger partial charge is 0.299 e. The minimum absolute atomic E-state index is 0.744. The molecule has 2 nitrogen and oxygen atoms in total. The van der Waals surface area contributed by atoms with Crippen molar-refractivity contribution in [1.29, 1.82) is 0 Å². The number of allylic oxidation sites excluding steroid dienone is 4. The molecule has 0 aromatic heterocycles. The van der Waals surface area contributed by atoms with Gasteiger partial charge in [0, 0.05) is 0 Å². The van der Waals surface area contributed by atoms with Gasteiger partial charge in [0.2, 0.25) is 0 Å². The van der Waals surface area contributed by atoms with E-state index in [-0.39, 0.29) is 0 Å². The number of carbonyl (C=O) groups is 2. The molecule has 0 radical (unpaired) electrons. The number of hydrogen-bond donors (Lipinski definition) is 0. The first-order valence-corrected chi connectivity index (χ1v) is 3.93. The van der Waals surface area contributed by atoms with Crippen LogP contribution in [-0.2, 0) is 9.59 Å². The van der Waals surface area contributed by atoms with Crippen LogP contribution in [-0.4, -0.2) is 12.6 Å². The van der Waals surface area contributed by atoms with Crippen molar-refractivity contribution in [3.05, 3.63) is 23.3 Å². The van der Waals surface area contributed by atoms with Gasteiger partial charge in [-0.05, 0) is 38.3 Å². The van der Waals surface area contributed by atoms with E-state index in [1.54, 1.807) is 13.0 Å². The Morgan fingerprint density at radius 3 is 2.42 bits per heavy atom. The molecule has 0 aliphatic rings. The molecule has 0 bridgehead atoms. The van der Waals surface area contributed by atoms with E-state index in [0.29, 0.717) is 0 Å². The second-order valence-electron chi connectivity index (χ2n) is 2.75. The maximum Gasteiger partial charge on any atom is 0.145 e. The summed E-state index contributed by atoms with van der Waals surface area (Å²) in [6.45, 7) is 3.67. The maximum atomic E-state index is 10.2. The summed E-state index contributed by atoms with van der Waals surface area (Å²) in [5.74, 6) is 0. The van der Waals surface area contributed by atoms with Crippen molar-refractivity contribution in [2.75, 3.05) is 0 Å². The predicted octanol–water partition coefficient (Wildman–Crippen LogP) is 2.06. The number of aldehydes is 2. The minimum atomic E-state index is 0.744. The van der Waals surface area contributed by atoms with E-state index in [9.17, 15) is 9.59 Å². The van der Waals surface area contributed by atoms with Crippen LogP contribution in [0.15, 0.2) is 23.3 Å². The van der Waals surface area contributed by atoms with Gasteiger partial charge in [-0.25, -0.2) is 0 Å². The number of hydrogen-bond acceptors (Lipinski definition) is 2. The topological polar surface area (TPSA) is 34.1 Å². The van der Waals surface area contributed by atoms with Crippen LogP contribution in [0, 0.1) is 0 Å². The van der Waals surface area contributed by atoms with Crippen LogP contribution in [0.5, 0.6) is 0 Å². The first kappa shape index (κ1) is 10.8. The summed E-state index contributed by atoms with van der Waals surface area (Å²) in [7, 11) is 0. The first-order chi connectivity index (χ1) is 5.70. The monoisotopic (exact) mass is 166 g/mol. The fourth-order valence-corrected chi connectivity index (χ4v) is 0.775. The molecule has 0 amide bonds. The Hall–Kier alpha value is -1.18. The van der Waals surface area contributed by atoms with Crippen molar-refractivity contribution in [3.63, 3.8) is 0 Å². The molecule has 0 aromatic rings. The van der Waals surface area contributed by atoms with Gasteiger partial charge in [-0.15, -0.1) is 0 Å². The fourth-order valence-electron chi connectivity index (χ4n) is 0.775. The highest BCUT2D eigenvalue weighted by molar-refractivity contribution is 5.71. The highest BCUT2D eigenvalue weighted by atomic mass is 16.1. The lowest BCUT2D eigenvalue weighted by Crippen LogP contribution is -1.80. The van der Waals surface area contributed by atoms with Crippen LogP contribution in [0.1, 0.15) is 26.7 Å². The molecule has 0 atom stereocenters. The van der Waals surface area contributed by atoms with Crippen LogP contribution in [0.25, 0.3) is 0 Å². The van der Waals surface area contributed by atoms with Gasteiger partial charge in [0.1, 0.15) is 12.6 Å². The molecule has 0 spiro atoms. The Labute approximate surface area is 73.0 Å². The van der Waals surface area contributed by atoms with Crippen molar-refractivity contribution in [1.82, 2.24) is 0 Å². The zero-order valence-electron chi connectivity index (χ0n) is 7.54. The molecule has 0 aliphatic carbocycles. The molecule has 12 heavy (non-hydrogen) atoms. The third-order valence-electron chi connectivity index (χ3n) is 1.54. The van der Waals surface area contributed by atoms with Gasteiger partial charge in [-0.3, -0.25) is 9.59 Å². The Bertz CT molecular complexity index is 212. The second-order valence-corrected chi connectivity index (χ2v) is 2.75. The second kappa shape index (κ2) is 6.53. The molecule has 0 N–H and O–H groups in total. The maximum absolute atomic E-state index is 10.2. The summed E-state index contributed by atoms with van der Waals surface area (Å²) in [5, 5.41) is 0. The lowest BCUT2D eigenvalue weighted by atomic mass is 10.1. The van der Waals surface area contributed by atoms with E-state index < -0.39 is 0 Å². The Balaban J connectivity index is 3.76. The van der Waals surface area contributed by atoms with Crippen LogP contribution in [0.3, 0.4) is 0 Å². The van der Waals surface area contributed by atoms with E-state index in [1.165, 1.54) is 0 Å². The van der Waals surface area contributed by atoms with Crippen molar-refractivity contribution >= 4 is 12.6 Å². The van der Waals surface area contributed by atoms with Gasteiger partial charge in [0.05, 0.1) is 0 Å².